The molecule has 54 valence electrons. The molecule has 0 rings (SSSR count). The molecule has 0 saturated heterocycles. The molecule has 0 aliphatic rings. The maximum atomic E-state index is 10.6. The first-order valence-electron chi connectivity index (χ1n) is 2.84. The molecular formula is C5H11ClN2O. The minimum absolute atomic E-state index is 0.0295. The van der Waals surface area contributed by atoms with E-state index in [9.17, 15) is 4.79 Å². The van der Waals surface area contributed by atoms with Crippen LogP contribution in [-0.2, 0) is 4.79 Å². The van der Waals surface area contributed by atoms with Crippen LogP contribution in [-0.4, -0.2) is 24.9 Å². The minimum atomic E-state index is -0.0295. The molecule has 4 heteroatoms. The topological polar surface area (TPSA) is 55.1 Å². The van der Waals surface area contributed by atoms with E-state index in [0.29, 0.717) is 25.4 Å². The van der Waals surface area contributed by atoms with Gasteiger partial charge in [-0.25, -0.2) is 0 Å². The number of amides is 1. The summed E-state index contributed by atoms with van der Waals surface area (Å²) in [6, 6.07) is 0. The molecule has 0 aromatic heterocycles. The van der Waals surface area contributed by atoms with Crippen molar-refractivity contribution in [3.05, 3.63) is 0 Å². The Bertz CT molecular complexity index is 87.0. The number of nitrogens with two attached hydrogens (primary N) is 1. The summed E-state index contributed by atoms with van der Waals surface area (Å²) < 4.78 is 0. The second kappa shape index (κ2) is 5.85. The zero-order valence-corrected chi connectivity index (χ0v) is 5.95. The van der Waals surface area contributed by atoms with Crippen LogP contribution in [0.15, 0.2) is 0 Å². The molecule has 9 heavy (non-hydrogen) atoms. The molecule has 0 aliphatic heterocycles. The van der Waals surface area contributed by atoms with Gasteiger partial charge in [-0.2, -0.15) is 0 Å². The van der Waals surface area contributed by atoms with Crippen LogP contribution < -0.4 is 11.1 Å². The third-order valence-electron chi connectivity index (χ3n) is 0.788. The van der Waals surface area contributed by atoms with Crippen molar-refractivity contribution in [2.75, 3.05) is 19.0 Å². The van der Waals surface area contributed by atoms with Crippen molar-refractivity contribution < 1.29 is 4.79 Å². The lowest BCUT2D eigenvalue weighted by Gasteiger charge is -1.98. The Hall–Kier alpha value is -0.280. The number of hydrogen-bond donors (Lipinski definition) is 2. The largest absolute Gasteiger partial charge is 0.355 e. The van der Waals surface area contributed by atoms with E-state index in [4.69, 9.17) is 17.3 Å². The van der Waals surface area contributed by atoms with Crippen LogP contribution in [0, 0.1) is 0 Å². The SMILES string of the molecule is NCCC(=O)NCCCl. The van der Waals surface area contributed by atoms with Crippen molar-refractivity contribution in [1.29, 1.82) is 0 Å². The van der Waals surface area contributed by atoms with Crippen molar-refractivity contribution in [1.82, 2.24) is 5.32 Å². The summed E-state index contributed by atoms with van der Waals surface area (Å²) >= 11 is 5.30. The Kier molecular flexibility index (Phi) is 5.67. The summed E-state index contributed by atoms with van der Waals surface area (Å²) in [5.41, 5.74) is 5.11. The molecule has 0 unspecified atom stereocenters. The van der Waals surface area contributed by atoms with E-state index in [-0.39, 0.29) is 5.91 Å². The van der Waals surface area contributed by atoms with E-state index >= 15 is 0 Å². The van der Waals surface area contributed by atoms with Crippen molar-refractivity contribution >= 4 is 17.5 Å². The fourth-order valence-electron chi connectivity index (χ4n) is 0.406. The summed E-state index contributed by atoms with van der Waals surface area (Å²) in [4.78, 5) is 10.6. The Balaban J connectivity index is 3.06. The van der Waals surface area contributed by atoms with E-state index in [1.807, 2.05) is 0 Å². The zero-order chi connectivity index (χ0) is 7.11. The molecular weight excluding hydrogens is 140 g/mol. The van der Waals surface area contributed by atoms with Crippen molar-refractivity contribution in [3.8, 4) is 0 Å². The highest BCUT2D eigenvalue weighted by Gasteiger charge is 1.94. The monoisotopic (exact) mass is 150 g/mol. The molecule has 0 aliphatic carbocycles. The highest BCUT2D eigenvalue weighted by atomic mass is 35.5. The number of carbonyl (C=O) groups is 1. The van der Waals surface area contributed by atoms with Crippen LogP contribution in [0.5, 0.6) is 0 Å². The Morgan fingerprint density at radius 1 is 1.67 bits per heavy atom. The number of carbonyl (C=O) groups excluding carboxylic acids is 1. The van der Waals surface area contributed by atoms with Gasteiger partial charge in [0.15, 0.2) is 0 Å². The van der Waals surface area contributed by atoms with E-state index in [1.54, 1.807) is 0 Å². The van der Waals surface area contributed by atoms with Crippen molar-refractivity contribution in [3.63, 3.8) is 0 Å². The Labute approximate surface area is 59.6 Å². The fourth-order valence-corrected chi connectivity index (χ4v) is 0.501. The summed E-state index contributed by atoms with van der Waals surface area (Å²) in [6.07, 6.45) is 0.386. The lowest BCUT2D eigenvalue weighted by molar-refractivity contribution is -0.120. The molecule has 1 amide bonds. The number of nitrogens with one attached hydrogen (secondary N) is 1. The summed E-state index contributed by atoms with van der Waals surface area (Å²) in [6.45, 7) is 0.925. The highest BCUT2D eigenvalue weighted by Crippen LogP contribution is 1.75. The number of rotatable bonds is 4. The normalized spacial score (nSPS) is 9.11. The third kappa shape index (κ3) is 5.59. The van der Waals surface area contributed by atoms with Crippen molar-refractivity contribution in [2.24, 2.45) is 5.73 Å². The summed E-state index contributed by atoms with van der Waals surface area (Å²) in [5.74, 6) is 0.425. The number of alkyl halides is 1. The van der Waals surface area contributed by atoms with Crippen LogP contribution in [0.25, 0.3) is 0 Å². The first-order chi connectivity index (χ1) is 4.31. The third-order valence-corrected chi connectivity index (χ3v) is 0.977. The standard InChI is InChI=1S/C5H11ClN2O/c6-2-4-8-5(9)1-3-7/h1-4,7H2,(H,8,9). The molecule has 0 spiro atoms. The highest BCUT2D eigenvalue weighted by molar-refractivity contribution is 6.18. The minimum Gasteiger partial charge on any atom is -0.355 e. The molecule has 0 radical (unpaired) electrons. The maximum absolute atomic E-state index is 10.6. The summed E-state index contributed by atoms with van der Waals surface area (Å²) in [5, 5.41) is 2.58. The van der Waals surface area contributed by atoms with Gasteiger partial charge < -0.3 is 11.1 Å². The van der Waals surface area contributed by atoms with Crippen LogP contribution in [0.2, 0.25) is 0 Å². The van der Waals surface area contributed by atoms with Crippen LogP contribution >= 0.6 is 11.6 Å². The molecule has 0 heterocycles. The second-order valence-electron chi connectivity index (χ2n) is 1.58. The van der Waals surface area contributed by atoms with Crippen LogP contribution in [0.3, 0.4) is 0 Å². The quantitative estimate of drug-likeness (QED) is 0.541. The van der Waals surface area contributed by atoms with Crippen LogP contribution in [0.1, 0.15) is 6.42 Å². The average Bonchev–Trinajstić information content (AvgIpc) is 1.85. The lowest BCUT2D eigenvalue weighted by Crippen LogP contribution is -2.27. The van der Waals surface area contributed by atoms with Gasteiger partial charge in [-0.3, -0.25) is 4.79 Å². The predicted molar refractivity (Wildman–Crippen MR) is 37.4 cm³/mol. The van der Waals surface area contributed by atoms with Gasteiger partial charge in [0.25, 0.3) is 0 Å². The number of halogens is 1. The molecule has 0 aromatic rings. The van der Waals surface area contributed by atoms with E-state index < -0.39 is 0 Å². The van der Waals surface area contributed by atoms with E-state index in [2.05, 4.69) is 5.32 Å². The van der Waals surface area contributed by atoms with Gasteiger partial charge in [0.05, 0.1) is 0 Å². The van der Waals surface area contributed by atoms with Gasteiger partial charge in [-0.1, -0.05) is 0 Å². The van der Waals surface area contributed by atoms with Gasteiger partial charge in [-0.15, -0.1) is 11.6 Å². The lowest BCUT2D eigenvalue weighted by atomic mass is 10.4. The second-order valence-corrected chi connectivity index (χ2v) is 1.96. The predicted octanol–water partition coefficient (Wildman–Crippen LogP) is -0.310. The molecule has 0 saturated carbocycles. The first kappa shape index (κ1) is 8.72. The Morgan fingerprint density at radius 2 is 2.33 bits per heavy atom. The van der Waals surface area contributed by atoms with Gasteiger partial charge in [0, 0.05) is 25.4 Å². The van der Waals surface area contributed by atoms with Gasteiger partial charge in [0.1, 0.15) is 0 Å². The Morgan fingerprint density at radius 3 is 2.78 bits per heavy atom. The van der Waals surface area contributed by atoms with Crippen LogP contribution in [0.4, 0.5) is 0 Å². The van der Waals surface area contributed by atoms with Gasteiger partial charge in [0.2, 0.25) is 5.91 Å². The fraction of sp³-hybridized carbons (Fsp3) is 0.800. The maximum Gasteiger partial charge on any atom is 0.221 e. The molecule has 0 atom stereocenters. The zero-order valence-electron chi connectivity index (χ0n) is 5.19. The summed E-state index contributed by atoms with van der Waals surface area (Å²) in [7, 11) is 0. The van der Waals surface area contributed by atoms with E-state index in [0.717, 1.165) is 0 Å². The molecule has 3 nitrogen and oxygen atoms in total. The molecule has 0 fully saturated rings. The first-order valence-corrected chi connectivity index (χ1v) is 3.37. The number of hydrogen-bond acceptors (Lipinski definition) is 2. The van der Waals surface area contributed by atoms with Gasteiger partial charge >= 0.3 is 0 Å². The smallest absolute Gasteiger partial charge is 0.221 e. The molecule has 0 aromatic carbocycles. The molecule has 0 bridgehead atoms. The van der Waals surface area contributed by atoms with E-state index in [1.165, 1.54) is 0 Å². The molecule has 3 N–H and O–H groups in total. The average molecular weight is 151 g/mol. The van der Waals surface area contributed by atoms with Gasteiger partial charge in [-0.05, 0) is 0 Å². The van der Waals surface area contributed by atoms with Crippen molar-refractivity contribution in [2.45, 2.75) is 6.42 Å².